The predicted octanol–water partition coefficient (Wildman–Crippen LogP) is 3.59. The van der Waals surface area contributed by atoms with E-state index in [0.29, 0.717) is 18.1 Å². The standard InChI is InChI=1S/C12H21NO.C9H19NO/c1-2-10-3-5-13(6-4-10)12-7-11(8-12)9-14;1-8(2)11-9-4-6-10(3)7-5-9/h9-12H,2-8H2,1H3;8-9H,4-7H2,1-3H3. The van der Waals surface area contributed by atoms with E-state index in [-0.39, 0.29) is 0 Å². The van der Waals surface area contributed by atoms with Crippen LogP contribution in [-0.4, -0.2) is 67.6 Å². The Labute approximate surface area is 155 Å². The fourth-order valence-corrected chi connectivity index (χ4v) is 4.27. The number of nitrogens with zero attached hydrogens (tertiary/aromatic N) is 2. The Morgan fingerprint density at radius 3 is 2.12 bits per heavy atom. The van der Waals surface area contributed by atoms with Gasteiger partial charge in [-0.1, -0.05) is 13.3 Å². The molecule has 1 aliphatic carbocycles. The average molecular weight is 353 g/mol. The van der Waals surface area contributed by atoms with Crippen LogP contribution in [0.15, 0.2) is 0 Å². The molecular formula is C21H40N2O2. The van der Waals surface area contributed by atoms with E-state index in [4.69, 9.17) is 4.74 Å². The summed E-state index contributed by atoms with van der Waals surface area (Å²) in [5.41, 5.74) is 0. The molecule has 0 unspecified atom stereocenters. The first kappa shape index (κ1) is 20.9. The number of hydrogen-bond acceptors (Lipinski definition) is 4. The molecule has 4 heteroatoms. The molecule has 0 bridgehead atoms. The van der Waals surface area contributed by atoms with E-state index in [9.17, 15) is 4.79 Å². The van der Waals surface area contributed by atoms with Gasteiger partial charge in [0.05, 0.1) is 12.2 Å². The molecule has 25 heavy (non-hydrogen) atoms. The Hall–Kier alpha value is -0.450. The largest absolute Gasteiger partial charge is 0.375 e. The normalized spacial score (nSPS) is 29.8. The molecule has 0 aromatic carbocycles. The van der Waals surface area contributed by atoms with Crippen molar-refractivity contribution in [1.29, 1.82) is 0 Å². The maximum Gasteiger partial charge on any atom is 0.123 e. The van der Waals surface area contributed by atoms with Crippen LogP contribution in [0.25, 0.3) is 0 Å². The van der Waals surface area contributed by atoms with Crippen molar-refractivity contribution in [3.63, 3.8) is 0 Å². The highest BCUT2D eigenvalue weighted by Gasteiger charge is 2.34. The summed E-state index contributed by atoms with van der Waals surface area (Å²) in [5, 5.41) is 0. The van der Waals surface area contributed by atoms with Crippen LogP contribution in [0.1, 0.15) is 65.7 Å². The predicted molar refractivity (Wildman–Crippen MR) is 104 cm³/mol. The molecule has 1 saturated carbocycles. The number of carbonyl (C=O) groups excluding carboxylic acids is 1. The van der Waals surface area contributed by atoms with Gasteiger partial charge in [0.15, 0.2) is 0 Å². The Balaban J connectivity index is 0.000000186. The maximum atomic E-state index is 10.5. The third kappa shape index (κ3) is 6.99. The Morgan fingerprint density at radius 2 is 1.64 bits per heavy atom. The number of rotatable bonds is 5. The van der Waals surface area contributed by atoms with E-state index in [2.05, 4.69) is 37.6 Å². The van der Waals surface area contributed by atoms with Crippen molar-refractivity contribution >= 4 is 6.29 Å². The van der Waals surface area contributed by atoms with Gasteiger partial charge in [0.1, 0.15) is 6.29 Å². The molecule has 4 nitrogen and oxygen atoms in total. The first-order valence-electron chi connectivity index (χ1n) is 10.5. The highest BCUT2D eigenvalue weighted by atomic mass is 16.5. The highest BCUT2D eigenvalue weighted by molar-refractivity contribution is 5.55. The van der Waals surface area contributed by atoms with Crippen LogP contribution >= 0.6 is 0 Å². The average Bonchev–Trinajstić information content (AvgIpc) is 2.57. The van der Waals surface area contributed by atoms with E-state index in [1.165, 1.54) is 58.3 Å². The molecule has 0 aromatic rings. The van der Waals surface area contributed by atoms with E-state index >= 15 is 0 Å². The molecule has 0 spiro atoms. The summed E-state index contributed by atoms with van der Waals surface area (Å²) in [4.78, 5) is 15.5. The second kappa shape index (κ2) is 10.6. The molecule has 0 amide bonds. The van der Waals surface area contributed by atoms with Gasteiger partial charge in [-0.2, -0.15) is 0 Å². The molecule has 0 radical (unpaired) electrons. The number of piperidine rings is 2. The molecule has 0 aromatic heterocycles. The quantitative estimate of drug-likeness (QED) is 0.708. The van der Waals surface area contributed by atoms with Gasteiger partial charge in [0.25, 0.3) is 0 Å². The molecule has 2 heterocycles. The molecule has 3 fully saturated rings. The summed E-state index contributed by atoms with van der Waals surface area (Å²) < 4.78 is 5.71. The molecule has 3 aliphatic rings. The first-order chi connectivity index (χ1) is 12.0. The number of hydrogen-bond donors (Lipinski definition) is 0. The van der Waals surface area contributed by atoms with Crippen molar-refractivity contribution in [2.75, 3.05) is 33.2 Å². The summed E-state index contributed by atoms with van der Waals surface area (Å²) in [7, 11) is 2.17. The second-order valence-electron chi connectivity index (χ2n) is 8.60. The summed E-state index contributed by atoms with van der Waals surface area (Å²) in [5.74, 6) is 1.34. The number of ether oxygens (including phenoxy) is 1. The lowest BCUT2D eigenvalue weighted by molar-refractivity contribution is -0.115. The van der Waals surface area contributed by atoms with Gasteiger partial charge in [-0.3, -0.25) is 0 Å². The Morgan fingerprint density at radius 1 is 1.04 bits per heavy atom. The number of carbonyl (C=O) groups is 1. The zero-order valence-corrected chi connectivity index (χ0v) is 17.0. The third-order valence-corrected chi connectivity index (χ3v) is 6.22. The number of aldehydes is 1. The van der Waals surface area contributed by atoms with Crippen LogP contribution < -0.4 is 0 Å². The van der Waals surface area contributed by atoms with Gasteiger partial charge in [0.2, 0.25) is 0 Å². The Bertz CT molecular complexity index is 366. The molecule has 3 rings (SSSR count). The topological polar surface area (TPSA) is 32.8 Å². The van der Waals surface area contributed by atoms with Gasteiger partial charge >= 0.3 is 0 Å². The van der Waals surface area contributed by atoms with Crippen LogP contribution in [0.2, 0.25) is 0 Å². The summed E-state index contributed by atoms with van der Waals surface area (Å²) in [6.45, 7) is 11.4. The third-order valence-electron chi connectivity index (χ3n) is 6.22. The van der Waals surface area contributed by atoms with Gasteiger partial charge in [-0.05, 0) is 78.4 Å². The molecule has 146 valence electrons. The SMILES string of the molecule is CC(C)OC1CCN(C)CC1.CCC1CCN(C2CC(C=O)C2)CC1. The van der Waals surface area contributed by atoms with Crippen molar-refractivity contribution in [3.05, 3.63) is 0 Å². The van der Waals surface area contributed by atoms with E-state index in [1.807, 2.05) is 0 Å². The summed E-state index contributed by atoms with van der Waals surface area (Å²) >= 11 is 0. The minimum absolute atomic E-state index is 0.379. The van der Waals surface area contributed by atoms with Crippen molar-refractivity contribution in [1.82, 2.24) is 9.80 Å². The molecule has 0 N–H and O–H groups in total. The van der Waals surface area contributed by atoms with Gasteiger partial charge in [0, 0.05) is 25.0 Å². The molecular weight excluding hydrogens is 312 g/mol. The van der Waals surface area contributed by atoms with Crippen LogP contribution in [0, 0.1) is 11.8 Å². The lowest BCUT2D eigenvalue weighted by Crippen LogP contribution is -2.48. The zero-order chi connectivity index (χ0) is 18.2. The fourth-order valence-electron chi connectivity index (χ4n) is 4.27. The smallest absolute Gasteiger partial charge is 0.123 e. The van der Waals surface area contributed by atoms with E-state index < -0.39 is 0 Å². The second-order valence-corrected chi connectivity index (χ2v) is 8.60. The van der Waals surface area contributed by atoms with Crippen LogP contribution in [-0.2, 0) is 9.53 Å². The highest BCUT2D eigenvalue weighted by Crippen LogP contribution is 2.33. The van der Waals surface area contributed by atoms with E-state index in [0.717, 1.165) is 31.1 Å². The van der Waals surface area contributed by atoms with Crippen LogP contribution in [0.3, 0.4) is 0 Å². The van der Waals surface area contributed by atoms with E-state index in [1.54, 1.807) is 0 Å². The maximum absolute atomic E-state index is 10.5. The lowest BCUT2D eigenvalue weighted by Gasteiger charge is -2.44. The zero-order valence-electron chi connectivity index (χ0n) is 17.0. The van der Waals surface area contributed by atoms with Gasteiger partial charge < -0.3 is 19.3 Å². The minimum Gasteiger partial charge on any atom is -0.375 e. The number of likely N-dealkylation sites (tertiary alicyclic amines) is 2. The molecule has 2 aliphatic heterocycles. The van der Waals surface area contributed by atoms with Crippen LogP contribution in [0.4, 0.5) is 0 Å². The van der Waals surface area contributed by atoms with Crippen molar-refractivity contribution in [3.8, 4) is 0 Å². The molecule has 2 saturated heterocycles. The molecule has 0 atom stereocenters. The minimum atomic E-state index is 0.379. The first-order valence-corrected chi connectivity index (χ1v) is 10.5. The summed E-state index contributed by atoms with van der Waals surface area (Å²) in [6, 6.07) is 0.739. The lowest BCUT2D eigenvalue weighted by atomic mass is 9.79. The monoisotopic (exact) mass is 352 g/mol. The van der Waals surface area contributed by atoms with Gasteiger partial charge in [-0.15, -0.1) is 0 Å². The summed E-state index contributed by atoms with van der Waals surface area (Å²) in [6.07, 6.45) is 10.8. The van der Waals surface area contributed by atoms with Crippen molar-refractivity contribution in [2.24, 2.45) is 11.8 Å². The fraction of sp³-hybridized carbons (Fsp3) is 0.952. The van der Waals surface area contributed by atoms with Crippen molar-refractivity contribution < 1.29 is 9.53 Å². The van der Waals surface area contributed by atoms with Crippen molar-refractivity contribution in [2.45, 2.75) is 84.0 Å². The van der Waals surface area contributed by atoms with Gasteiger partial charge in [-0.25, -0.2) is 0 Å². The Kier molecular flexibility index (Phi) is 8.88. The van der Waals surface area contributed by atoms with Crippen LogP contribution in [0.5, 0.6) is 0 Å².